The normalized spacial score (nSPS) is 14.7. The van der Waals surface area contributed by atoms with Crippen molar-refractivity contribution in [1.29, 1.82) is 0 Å². The Labute approximate surface area is 254 Å². The van der Waals surface area contributed by atoms with Gasteiger partial charge in [0.2, 0.25) is 0 Å². The van der Waals surface area contributed by atoms with E-state index in [9.17, 15) is 0 Å². The van der Waals surface area contributed by atoms with Crippen LogP contribution in [-0.4, -0.2) is 0 Å². The molecule has 4 aromatic rings. The highest BCUT2D eigenvalue weighted by Crippen LogP contribution is 2.45. The summed E-state index contributed by atoms with van der Waals surface area (Å²) in [6.07, 6.45) is 9.33. The maximum Gasteiger partial charge on any atom is 0.275 e. The number of fused-ring (bicyclic) bond motifs is 2. The van der Waals surface area contributed by atoms with Crippen LogP contribution in [0.3, 0.4) is 0 Å². The summed E-state index contributed by atoms with van der Waals surface area (Å²) in [5.74, 6) is 3.57. The zero-order valence-corrected chi connectivity index (χ0v) is 27.1. The van der Waals surface area contributed by atoms with E-state index < -0.39 is 0 Å². The predicted octanol–water partition coefficient (Wildman–Crippen LogP) is 10.3. The molecule has 0 spiro atoms. The summed E-state index contributed by atoms with van der Waals surface area (Å²) in [6, 6.07) is 21.5. The lowest BCUT2D eigenvalue weighted by Crippen LogP contribution is -2.04. The third-order valence-corrected chi connectivity index (χ3v) is 9.61. The summed E-state index contributed by atoms with van der Waals surface area (Å²) >= 11 is 0. The molecule has 0 radical (unpaired) electrons. The summed E-state index contributed by atoms with van der Waals surface area (Å²) in [5, 5.41) is 0. The molecule has 4 nitrogen and oxygen atoms in total. The molecule has 6 rings (SSSR count). The predicted molar refractivity (Wildman–Crippen MR) is 176 cm³/mol. The molecule has 0 saturated carbocycles. The van der Waals surface area contributed by atoms with Crippen molar-refractivity contribution >= 4 is 18.1 Å². The fourth-order valence-corrected chi connectivity index (χ4v) is 7.83. The van der Waals surface area contributed by atoms with E-state index in [1.165, 1.54) is 59.1 Å². The van der Waals surface area contributed by atoms with Gasteiger partial charge in [0.1, 0.15) is 23.0 Å². The van der Waals surface area contributed by atoms with E-state index in [0.29, 0.717) is 0 Å². The van der Waals surface area contributed by atoms with Crippen LogP contribution in [0.2, 0.25) is 0 Å². The molecular weight excluding hydrogens is 558 g/mol. The largest absolute Gasteiger partial charge is 0.440 e. The smallest absolute Gasteiger partial charge is 0.275 e. The van der Waals surface area contributed by atoms with Crippen molar-refractivity contribution in [3.63, 3.8) is 0 Å². The molecule has 0 saturated heterocycles. The van der Waals surface area contributed by atoms with Crippen molar-refractivity contribution in [2.24, 2.45) is 0 Å². The molecule has 0 aliphatic heterocycles. The highest BCUT2D eigenvalue weighted by atomic mass is 31.1. The highest BCUT2D eigenvalue weighted by Gasteiger charge is 2.20. The SMILES string of the molecule is Cc1cc(C)c(OPOc2cccc3c2CCCC3)c(-c2cc(C)cc(C)c2OPOc2cccc3c2CCCC3)c1. The van der Waals surface area contributed by atoms with Gasteiger partial charge in [-0.15, -0.1) is 0 Å². The van der Waals surface area contributed by atoms with E-state index in [-0.39, 0.29) is 18.1 Å². The van der Waals surface area contributed by atoms with Gasteiger partial charge in [-0.1, -0.05) is 36.4 Å². The molecule has 0 heterocycles. The van der Waals surface area contributed by atoms with Gasteiger partial charge in [0.15, 0.2) is 0 Å². The summed E-state index contributed by atoms with van der Waals surface area (Å²) in [7, 11) is -0.290. The number of aryl methyl sites for hydroxylation is 6. The standard InChI is InChI=1S/C36H40O4P2/c1-23-19-25(3)35(39-41-37-33-17-9-13-27-11-5-7-15-29(27)33)31(21-23)32-22-24(2)20-26(4)36(32)40-42-38-34-18-10-14-28-12-6-8-16-30(28)34/h9-10,13-14,17-22,41-42H,5-8,11-12,15-16H2,1-4H3. The van der Waals surface area contributed by atoms with Gasteiger partial charge < -0.3 is 18.1 Å². The third-order valence-electron chi connectivity index (χ3n) is 8.42. The van der Waals surface area contributed by atoms with Crippen molar-refractivity contribution in [2.75, 3.05) is 0 Å². The summed E-state index contributed by atoms with van der Waals surface area (Å²) < 4.78 is 25.5. The molecule has 2 unspecified atom stereocenters. The molecule has 0 fully saturated rings. The van der Waals surface area contributed by atoms with E-state index in [4.69, 9.17) is 18.1 Å². The monoisotopic (exact) mass is 598 g/mol. The van der Waals surface area contributed by atoms with E-state index >= 15 is 0 Å². The minimum atomic E-state index is -0.145. The Morgan fingerprint density at radius 3 is 1.38 bits per heavy atom. The lowest BCUT2D eigenvalue weighted by Gasteiger charge is -2.22. The van der Waals surface area contributed by atoms with Gasteiger partial charge in [-0.25, -0.2) is 0 Å². The first kappa shape index (κ1) is 29.0. The van der Waals surface area contributed by atoms with Crippen LogP contribution >= 0.6 is 18.1 Å². The number of hydrogen-bond acceptors (Lipinski definition) is 4. The molecule has 0 N–H and O–H groups in total. The fraction of sp³-hybridized carbons (Fsp3) is 0.333. The third kappa shape index (κ3) is 6.31. The van der Waals surface area contributed by atoms with Crippen molar-refractivity contribution in [1.82, 2.24) is 0 Å². The van der Waals surface area contributed by atoms with Crippen molar-refractivity contribution in [3.8, 4) is 34.1 Å². The van der Waals surface area contributed by atoms with Gasteiger partial charge in [0.25, 0.3) is 18.1 Å². The highest BCUT2D eigenvalue weighted by molar-refractivity contribution is 7.27. The lowest BCUT2D eigenvalue weighted by molar-refractivity contribution is 0.502. The van der Waals surface area contributed by atoms with Crippen LogP contribution in [0.5, 0.6) is 23.0 Å². The summed E-state index contributed by atoms with van der Waals surface area (Å²) in [4.78, 5) is 0. The zero-order chi connectivity index (χ0) is 29.1. The van der Waals surface area contributed by atoms with E-state index in [1.807, 2.05) is 0 Å². The maximum atomic E-state index is 6.46. The van der Waals surface area contributed by atoms with Gasteiger partial charge in [0.05, 0.1) is 0 Å². The molecule has 0 amide bonds. The average molecular weight is 599 g/mol. The Morgan fingerprint density at radius 1 is 0.500 bits per heavy atom. The molecule has 218 valence electrons. The number of rotatable bonds is 9. The molecule has 4 aromatic carbocycles. The summed E-state index contributed by atoms with van der Waals surface area (Å²) in [5.41, 5.74) is 12.0. The minimum absolute atomic E-state index is 0.145. The Kier molecular flexibility index (Phi) is 9.03. The van der Waals surface area contributed by atoms with Gasteiger partial charge in [-0.3, -0.25) is 0 Å². The second-order valence-electron chi connectivity index (χ2n) is 11.7. The van der Waals surface area contributed by atoms with Crippen LogP contribution < -0.4 is 18.1 Å². The maximum absolute atomic E-state index is 6.46. The Balaban J connectivity index is 1.25. The molecule has 0 bridgehead atoms. The molecule has 0 aromatic heterocycles. The molecule has 2 atom stereocenters. The Hall–Kier alpha value is -3.06. The van der Waals surface area contributed by atoms with Crippen LogP contribution in [0, 0.1) is 27.7 Å². The van der Waals surface area contributed by atoms with Crippen LogP contribution in [0.4, 0.5) is 0 Å². The van der Waals surface area contributed by atoms with Gasteiger partial charge >= 0.3 is 0 Å². The van der Waals surface area contributed by atoms with E-state index in [1.54, 1.807) is 0 Å². The first-order valence-electron chi connectivity index (χ1n) is 15.1. The zero-order valence-electron chi connectivity index (χ0n) is 25.1. The van der Waals surface area contributed by atoms with Gasteiger partial charge in [-0.05, 0) is 148 Å². The minimum Gasteiger partial charge on any atom is -0.440 e. The van der Waals surface area contributed by atoms with Crippen LogP contribution in [0.25, 0.3) is 11.1 Å². The number of hydrogen-bond donors (Lipinski definition) is 0. The molecule has 42 heavy (non-hydrogen) atoms. The average Bonchev–Trinajstić information content (AvgIpc) is 2.99. The van der Waals surface area contributed by atoms with E-state index in [2.05, 4.69) is 88.4 Å². The van der Waals surface area contributed by atoms with Crippen LogP contribution in [0.1, 0.15) is 70.2 Å². The second kappa shape index (κ2) is 13.1. The quantitative estimate of drug-likeness (QED) is 0.180. The molecule has 2 aliphatic carbocycles. The topological polar surface area (TPSA) is 36.9 Å². The van der Waals surface area contributed by atoms with Crippen LogP contribution in [-0.2, 0) is 25.7 Å². The first-order valence-corrected chi connectivity index (χ1v) is 16.7. The molecule has 2 aliphatic rings. The van der Waals surface area contributed by atoms with E-state index in [0.717, 1.165) is 70.9 Å². The number of benzene rings is 4. The Bertz CT molecular complexity index is 1480. The summed E-state index contributed by atoms with van der Waals surface area (Å²) in [6.45, 7) is 8.46. The van der Waals surface area contributed by atoms with Crippen molar-refractivity contribution < 1.29 is 18.1 Å². The first-order chi connectivity index (χ1) is 20.5. The lowest BCUT2D eigenvalue weighted by atomic mass is 9.91. The second-order valence-corrected chi connectivity index (χ2v) is 12.8. The van der Waals surface area contributed by atoms with Crippen molar-refractivity contribution in [2.45, 2.75) is 79.1 Å². The molecule has 6 heteroatoms. The fourth-order valence-electron chi connectivity index (χ4n) is 6.48. The van der Waals surface area contributed by atoms with Gasteiger partial charge in [-0.2, -0.15) is 0 Å². The van der Waals surface area contributed by atoms with Gasteiger partial charge in [0, 0.05) is 11.1 Å². The Morgan fingerprint density at radius 2 is 0.929 bits per heavy atom. The van der Waals surface area contributed by atoms with Crippen LogP contribution in [0.15, 0.2) is 60.7 Å². The molecular formula is C36H40O4P2. The van der Waals surface area contributed by atoms with Crippen molar-refractivity contribution in [3.05, 3.63) is 105 Å².